The van der Waals surface area contributed by atoms with Crippen molar-refractivity contribution in [2.75, 3.05) is 11.5 Å². The van der Waals surface area contributed by atoms with Crippen molar-refractivity contribution in [1.29, 1.82) is 0 Å². The van der Waals surface area contributed by atoms with Crippen LogP contribution < -0.4 is 14.4 Å². The minimum absolute atomic E-state index is 0.0942. The maximum absolute atomic E-state index is 13.0. The Morgan fingerprint density at radius 3 is 2.28 bits per heavy atom. The molecule has 1 aliphatic heterocycles. The van der Waals surface area contributed by atoms with Crippen molar-refractivity contribution in [3.63, 3.8) is 0 Å². The highest BCUT2D eigenvalue weighted by atomic mass is 32.2. The number of benzene rings is 3. The van der Waals surface area contributed by atoms with Crippen LogP contribution in [0.4, 0.5) is 5.69 Å². The second kappa shape index (κ2) is 8.62. The van der Waals surface area contributed by atoms with Gasteiger partial charge in [0.05, 0.1) is 17.5 Å². The molecule has 0 N–H and O–H groups in total. The molecular formula is C24H23NO3S. The number of carbonyl (C=O) groups excluding carboxylic acids is 1. The molecule has 4 rings (SSSR count). The molecule has 0 aromatic heterocycles. The molecule has 1 aliphatic rings. The van der Waals surface area contributed by atoms with Crippen molar-refractivity contribution >= 4 is 23.4 Å². The second-order valence-corrected chi connectivity index (χ2v) is 8.15. The Morgan fingerprint density at radius 1 is 0.897 bits per heavy atom. The summed E-state index contributed by atoms with van der Waals surface area (Å²) in [5.41, 5.74) is 1.87. The van der Waals surface area contributed by atoms with Crippen LogP contribution in [0.3, 0.4) is 0 Å². The van der Waals surface area contributed by atoms with Crippen LogP contribution >= 0.6 is 11.8 Å². The Labute approximate surface area is 175 Å². The van der Waals surface area contributed by atoms with Gasteiger partial charge in [-0.25, -0.2) is 0 Å². The van der Waals surface area contributed by atoms with E-state index in [0.717, 1.165) is 28.5 Å². The highest BCUT2D eigenvalue weighted by molar-refractivity contribution is 8.01. The number of rotatable bonds is 6. The Hall–Kier alpha value is -2.92. The van der Waals surface area contributed by atoms with Crippen LogP contribution in [0.5, 0.6) is 17.2 Å². The van der Waals surface area contributed by atoms with E-state index >= 15 is 0 Å². The zero-order valence-corrected chi connectivity index (χ0v) is 17.3. The molecule has 3 aromatic rings. The van der Waals surface area contributed by atoms with Crippen LogP contribution in [0.15, 0.2) is 78.9 Å². The van der Waals surface area contributed by atoms with Crippen LogP contribution in [0.1, 0.15) is 24.8 Å². The highest BCUT2D eigenvalue weighted by Crippen LogP contribution is 2.48. The normalized spacial score (nSPS) is 18.7. The molecule has 4 nitrogen and oxygen atoms in total. The number of nitrogens with zero attached hydrogens (tertiary/aromatic N) is 1. The molecule has 1 saturated heterocycles. The molecule has 0 radical (unpaired) electrons. The standard InChI is InChI=1S/C24H23NO3S/c1-3-27-22-12-8-7-11-21(22)25-23(26)17(2)29-24(25)18-13-15-20(16-14-18)28-19-9-5-4-6-10-19/h4-17,24H,3H2,1-2H3/t17-,24+/m1/s1. The van der Waals surface area contributed by atoms with Gasteiger partial charge < -0.3 is 9.47 Å². The largest absolute Gasteiger partial charge is 0.492 e. The SMILES string of the molecule is CCOc1ccccc1N1C(=O)[C@@H](C)S[C@H]1c1ccc(Oc2ccccc2)cc1. The van der Waals surface area contributed by atoms with Crippen molar-refractivity contribution in [2.24, 2.45) is 0 Å². The van der Waals surface area contributed by atoms with Crippen molar-refractivity contribution in [3.05, 3.63) is 84.4 Å². The maximum Gasteiger partial charge on any atom is 0.241 e. The summed E-state index contributed by atoms with van der Waals surface area (Å²) in [6.45, 7) is 4.46. The van der Waals surface area contributed by atoms with Gasteiger partial charge in [-0.05, 0) is 55.8 Å². The summed E-state index contributed by atoms with van der Waals surface area (Å²) in [6.07, 6.45) is 0. The number of hydrogen-bond donors (Lipinski definition) is 0. The van der Waals surface area contributed by atoms with E-state index in [1.165, 1.54) is 0 Å². The molecule has 148 valence electrons. The summed E-state index contributed by atoms with van der Waals surface area (Å²) < 4.78 is 11.7. The Kier molecular flexibility index (Phi) is 5.76. The van der Waals surface area contributed by atoms with Gasteiger partial charge in [-0.15, -0.1) is 11.8 Å². The molecule has 0 spiro atoms. The number of hydrogen-bond acceptors (Lipinski definition) is 4. The first-order valence-electron chi connectivity index (χ1n) is 9.70. The maximum atomic E-state index is 13.0. The summed E-state index contributed by atoms with van der Waals surface area (Å²) in [5.74, 6) is 2.39. The van der Waals surface area contributed by atoms with E-state index in [-0.39, 0.29) is 16.5 Å². The predicted octanol–water partition coefficient (Wildman–Crippen LogP) is 6.04. The predicted molar refractivity (Wildman–Crippen MR) is 118 cm³/mol. The summed E-state index contributed by atoms with van der Waals surface area (Å²) in [4.78, 5) is 14.8. The van der Waals surface area contributed by atoms with Gasteiger partial charge in [0.1, 0.15) is 22.6 Å². The molecular weight excluding hydrogens is 382 g/mol. The van der Waals surface area contributed by atoms with Crippen LogP contribution in [-0.4, -0.2) is 17.8 Å². The first-order valence-corrected chi connectivity index (χ1v) is 10.6. The van der Waals surface area contributed by atoms with Crippen LogP contribution in [0, 0.1) is 0 Å². The van der Waals surface area contributed by atoms with Crippen LogP contribution in [-0.2, 0) is 4.79 Å². The molecule has 1 fully saturated rings. The number of para-hydroxylation sites is 3. The summed E-state index contributed by atoms with van der Waals surface area (Å²) in [7, 11) is 0. The van der Waals surface area contributed by atoms with Crippen molar-refractivity contribution in [3.8, 4) is 17.2 Å². The molecule has 0 aliphatic carbocycles. The third-order valence-electron chi connectivity index (χ3n) is 4.72. The Balaban J connectivity index is 1.62. The molecule has 0 saturated carbocycles. The fourth-order valence-electron chi connectivity index (χ4n) is 3.36. The van der Waals surface area contributed by atoms with Gasteiger partial charge >= 0.3 is 0 Å². The lowest BCUT2D eigenvalue weighted by Crippen LogP contribution is -2.30. The fourth-order valence-corrected chi connectivity index (χ4v) is 4.63. The first kappa shape index (κ1) is 19.4. The lowest BCUT2D eigenvalue weighted by Gasteiger charge is -2.26. The molecule has 0 unspecified atom stereocenters. The van der Waals surface area contributed by atoms with E-state index < -0.39 is 0 Å². The Bertz CT molecular complexity index is 975. The molecule has 1 heterocycles. The Morgan fingerprint density at radius 2 is 1.55 bits per heavy atom. The zero-order valence-electron chi connectivity index (χ0n) is 16.4. The van der Waals surface area contributed by atoms with E-state index in [4.69, 9.17) is 9.47 Å². The minimum atomic E-state index is -0.116. The van der Waals surface area contributed by atoms with Gasteiger partial charge in [0.25, 0.3) is 0 Å². The third-order valence-corrected chi connectivity index (χ3v) is 6.07. The lowest BCUT2D eigenvalue weighted by molar-refractivity contribution is -0.117. The van der Waals surface area contributed by atoms with E-state index in [9.17, 15) is 4.79 Å². The van der Waals surface area contributed by atoms with Crippen molar-refractivity contribution in [2.45, 2.75) is 24.5 Å². The smallest absolute Gasteiger partial charge is 0.241 e. The van der Waals surface area contributed by atoms with Crippen molar-refractivity contribution < 1.29 is 14.3 Å². The van der Waals surface area contributed by atoms with Gasteiger partial charge in [0.15, 0.2) is 0 Å². The first-order chi connectivity index (χ1) is 14.2. The second-order valence-electron chi connectivity index (χ2n) is 6.72. The third kappa shape index (κ3) is 4.10. The van der Waals surface area contributed by atoms with E-state index in [1.807, 2.05) is 97.6 Å². The average Bonchev–Trinajstić information content (AvgIpc) is 3.04. The van der Waals surface area contributed by atoms with Crippen molar-refractivity contribution in [1.82, 2.24) is 0 Å². The van der Waals surface area contributed by atoms with Gasteiger partial charge in [0.2, 0.25) is 5.91 Å². The molecule has 5 heteroatoms. The molecule has 29 heavy (non-hydrogen) atoms. The van der Waals surface area contributed by atoms with E-state index in [0.29, 0.717) is 6.61 Å². The van der Waals surface area contributed by atoms with Gasteiger partial charge in [-0.2, -0.15) is 0 Å². The summed E-state index contributed by atoms with van der Waals surface area (Å²) in [6, 6.07) is 25.4. The fraction of sp³-hybridized carbons (Fsp3) is 0.208. The molecule has 1 amide bonds. The zero-order chi connectivity index (χ0) is 20.2. The average molecular weight is 406 g/mol. The number of thioether (sulfide) groups is 1. The highest BCUT2D eigenvalue weighted by Gasteiger charge is 2.40. The lowest BCUT2D eigenvalue weighted by atomic mass is 10.1. The van der Waals surface area contributed by atoms with Gasteiger partial charge in [-0.1, -0.05) is 42.5 Å². The molecule has 3 aromatic carbocycles. The van der Waals surface area contributed by atoms with E-state index in [1.54, 1.807) is 11.8 Å². The number of anilines is 1. The summed E-state index contributed by atoms with van der Waals surface area (Å²) >= 11 is 1.65. The monoisotopic (exact) mass is 405 g/mol. The van der Waals surface area contributed by atoms with E-state index in [2.05, 4.69) is 0 Å². The topological polar surface area (TPSA) is 38.8 Å². The number of carbonyl (C=O) groups is 1. The van der Waals surface area contributed by atoms with Gasteiger partial charge in [-0.3, -0.25) is 9.69 Å². The van der Waals surface area contributed by atoms with Gasteiger partial charge in [0, 0.05) is 0 Å². The molecule has 0 bridgehead atoms. The number of amides is 1. The number of ether oxygens (including phenoxy) is 2. The minimum Gasteiger partial charge on any atom is -0.492 e. The summed E-state index contributed by atoms with van der Waals surface area (Å²) in [5, 5.41) is -0.222. The molecule has 2 atom stereocenters. The van der Waals surface area contributed by atoms with Crippen LogP contribution in [0.2, 0.25) is 0 Å². The quantitative estimate of drug-likeness (QED) is 0.501. The van der Waals surface area contributed by atoms with Crippen LogP contribution in [0.25, 0.3) is 0 Å².